The van der Waals surface area contributed by atoms with E-state index in [1.54, 1.807) is 0 Å². The zero-order valence-corrected chi connectivity index (χ0v) is 12.4. The molecule has 0 radical (unpaired) electrons. The van der Waals surface area contributed by atoms with E-state index >= 15 is 0 Å². The smallest absolute Gasteiger partial charge is 0.0995 e. The molecule has 0 saturated heterocycles. The molecule has 0 bridgehead atoms. The van der Waals surface area contributed by atoms with Crippen molar-refractivity contribution in [3.05, 3.63) is 42.0 Å². The van der Waals surface area contributed by atoms with Crippen LogP contribution >= 0.6 is 0 Å². The van der Waals surface area contributed by atoms with E-state index in [1.807, 2.05) is 6.33 Å². The number of nitrogens with zero attached hydrogens (tertiary/aromatic N) is 3. The zero-order chi connectivity index (χ0) is 13.9. The lowest BCUT2D eigenvalue weighted by molar-refractivity contribution is 0.563. The van der Waals surface area contributed by atoms with E-state index in [9.17, 15) is 0 Å². The minimum atomic E-state index is 0.247. The lowest BCUT2D eigenvalue weighted by Gasteiger charge is -2.18. The first-order valence-electron chi connectivity index (χ1n) is 7.44. The second kappa shape index (κ2) is 3.87. The zero-order valence-electron chi connectivity index (χ0n) is 12.4. The third kappa shape index (κ3) is 1.76. The molecule has 0 N–H and O–H groups in total. The maximum atomic E-state index is 4.55. The van der Waals surface area contributed by atoms with Gasteiger partial charge in [-0.25, -0.2) is 4.98 Å². The molecule has 2 aliphatic rings. The molecule has 4 rings (SSSR count). The van der Waals surface area contributed by atoms with Crippen molar-refractivity contribution in [2.24, 2.45) is 0 Å². The first-order valence-corrected chi connectivity index (χ1v) is 7.44. The molecule has 0 amide bonds. The Morgan fingerprint density at radius 3 is 2.80 bits per heavy atom. The summed E-state index contributed by atoms with van der Waals surface area (Å²) in [6.07, 6.45) is 6.76. The highest BCUT2D eigenvalue weighted by Gasteiger charge is 2.33. The van der Waals surface area contributed by atoms with Gasteiger partial charge in [-0.1, -0.05) is 19.9 Å². The van der Waals surface area contributed by atoms with Gasteiger partial charge in [0.15, 0.2) is 0 Å². The van der Waals surface area contributed by atoms with Gasteiger partial charge >= 0.3 is 0 Å². The molecule has 1 saturated carbocycles. The largest absolute Gasteiger partial charge is 0.373 e. The summed E-state index contributed by atoms with van der Waals surface area (Å²) in [5.41, 5.74) is 5.52. The number of hydrogen-bond donors (Lipinski definition) is 0. The number of rotatable bonds is 2. The molecular formula is C17H21N3. The summed E-state index contributed by atoms with van der Waals surface area (Å²) in [4.78, 5) is 6.90. The Balaban J connectivity index is 1.74. The van der Waals surface area contributed by atoms with Crippen molar-refractivity contribution < 1.29 is 0 Å². The van der Waals surface area contributed by atoms with Crippen LogP contribution in [0.3, 0.4) is 0 Å². The Morgan fingerprint density at radius 2 is 2.05 bits per heavy atom. The summed E-state index contributed by atoms with van der Waals surface area (Å²) in [5.74, 6) is 0.715. The first-order chi connectivity index (χ1) is 9.54. The third-order valence-electron chi connectivity index (χ3n) is 4.65. The van der Waals surface area contributed by atoms with Gasteiger partial charge in [-0.2, -0.15) is 0 Å². The summed E-state index contributed by atoms with van der Waals surface area (Å²) in [6.45, 7) is 5.72. The van der Waals surface area contributed by atoms with Crippen LogP contribution < -0.4 is 4.90 Å². The minimum Gasteiger partial charge on any atom is -0.373 e. The van der Waals surface area contributed by atoms with Crippen molar-refractivity contribution in [2.45, 2.75) is 38.0 Å². The van der Waals surface area contributed by atoms with Crippen LogP contribution in [-0.2, 0) is 5.41 Å². The van der Waals surface area contributed by atoms with Crippen molar-refractivity contribution in [1.82, 2.24) is 9.55 Å². The number of benzene rings is 1. The fourth-order valence-electron chi connectivity index (χ4n) is 3.40. The molecule has 104 valence electrons. The molecule has 0 unspecified atom stereocenters. The summed E-state index contributed by atoms with van der Waals surface area (Å²) in [7, 11) is 2.18. The van der Waals surface area contributed by atoms with Gasteiger partial charge in [0.2, 0.25) is 0 Å². The lowest BCUT2D eigenvalue weighted by atomic mass is 9.87. The quantitative estimate of drug-likeness (QED) is 0.830. The highest BCUT2D eigenvalue weighted by Crippen LogP contribution is 2.41. The summed E-state index contributed by atoms with van der Waals surface area (Å²) in [6, 6.07) is 6.80. The third-order valence-corrected chi connectivity index (χ3v) is 4.65. The number of anilines is 1. The predicted molar refractivity (Wildman–Crippen MR) is 81.8 cm³/mol. The molecule has 20 heavy (non-hydrogen) atoms. The van der Waals surface area contributed by atoms with Gasteiger partial charge in [0.25, 0.3) is 0 Å². The van der Waals surface area contributed by atoms with Crippen LogP contribution in [0.1, 0.15) is 43.9 Å². The molecular weight excluding hydrogens is 246 g/mol. The molecule has 1 aliphatic carbocycles. The van der Waals surface area contributed by atoms with Crippen molar-refractivity contribution in [3.63, 3.8) is 0 Å². The molecule has 3 heteroatoms. The maximum absolute atomic E-state index is 4.55. The minimum absolute atomic E-state index is 0.247. The van der Waals surface area contributed by atoms with E-state index < -0.39 is 0 Å². The van der Waals surface area contributed by atoms with E-state index in [-0.39, 0.29) is 5.41 Å². The van der Waals surface area contributed by atoms with Crippen molar-refractivity contribution in [3.8, 4) is 5.69 Å². The van der Waals surface area contributed by atoms with Crippen LogP contribution in [0.5, 0.6) is 0 Å². The Labute approximate surface area is 120 Å². The van der Waals surface area contributed by atoms with E-state index in [0.29, 0.717) is 5.92 Å². The molecule has 3 nitrogen and oxygen atoms in total. The van der Waals surface area contributed by atoms with E-state index in [4.69, 9.17) is 0 Å². The second-order valence-electron chi connectivity index (χ2n) is 6.92. The van der Waals surface area contributed by atoms with Crippen molar-refractivity contribution in [1.29, 1.82) is 0 Å². The standard InChI is InChI=1S/C17H21N3/c1-17(2)10-19(3)16-8-13(6-7-14(16)17)20-9-15(18-11-20)12-4-5-12/h6-9,11-12H,4-5,10H2,1-3H3. The van der Waals surface area contributed by atoms with Crippen LogP contribution in [0.25, 0.3) is 5.69 Å². The number of imidazole rings is 1. The predicted octanol–water partition coefficient (Wildman–Crippen LogP) is 3.48. The van der Waals surface area contributed by atoms with E-state index in [0.717, 1.165) is 6.54 Å². The maximum Gasteiger partial charge on any atom is 0.0995 e. The fourth-order valence-corrected chi connectivity index (χ4v) is 3.40. The topological polar surface area (TPSA) is 21.1 Å². The molecule has 2 heterocycles. The number of aromatic nitrogens is 2. The van der Waals surface area contributed by atoms with Crippen LogP contribution in [0.15, 0.2) is 30.7 Å². The Hall–Kier alpha value is -1.77. The SMILES string of the molecule is CN1CC(C)(C)c2ccc(-n3cnc(C4CC4)c3)cc21. The highest BCUT2D eigenvalue weighted by atomic mass is 15.1. The van der Waals surface area contributed by atoms with Crippen LogP contribution in [0.4, 0.5) is 5.69 Å². The van der Waals surface area contributed by atoms with Crippen molar-refractivity contribution >= 4 is 5.69 Å². The van der Waals surface area contributed by atoms with Gasteiger partial charge in [0.1, 0.15) is 0 Å². The Bertz CT molecular complexity index is 665. The molecule has 0 spiro atoms. The van der Waals surface area contributed by atoms with Crippen LogP contribution in [0, 0.1) is 0 Å². The van der Waals surface area contributed by atoms with Crippen molar-refractivity contribution in [2.75, 3.05) is 18.5 Å². The number of hydrogen-bond acceptors (Lipinski definition) is 2. The summed E-state index contributed by atoms with van der Waals surface area (Å²) in [5, 5.41) is 0. The average molecular weight is 267 g/mol. The van der Waals surface area contributed by atoms with Gasteiger partial charge in [0.05, 0.1) is 12.0 Å². The molecule has 2 aromatic rings. The fraction of sp³-hybridized carbons (Fsp3) is 0.471. The first kappa shape index (κ1) is 12.0. The summed E-state index contributed by atoms with van der Waals surface area (Å²) < 4.78 is 2.16. The molecule has 1 fully saturated rings. The van der Waals surface area contributed by atoms with Crippen LogP contribution in [0.2, 0.25) is 0 Å². The molecule has 0 atom stereocenters. The molecule has 1 aliphatic heterocycles. The number of likely N-dealkylation sites (N-methyl/N-ethyl adjacent to an activating group) is 1. The Kier molecular flexibility index (Phi) is 2.33. The van der Waals surface area contributed by atoms with Gasteiger partial charge < -0.3 is 9.47 Å². The van der Waals surface area contributed by atoms with Gasteiger partial charge in [0, 0.05) is 42.5 Å². The molecule has 1 aromatic carbocycles. The van der Waals surface area contributed by atoms with E-state index in [2.05, 4.69) is 59.7 Å². The van der Waals surface area contributed by atoms with Crippen LogP contribution in [-0.4, -0.2) is 23.1 Å². The summed E-state index contributed by atoms with van der Waals surface area (Å²) >= 11 is 0. The Morgan fingerprint density at radius 1 is 1.25 bits per heavy atom. The number of fused-ring (bicyclic) bond motifs is 1. The van der Waals surface area contributed by atoms with Gasteiger partial charge in [-0.3, -0.25) is 0 Å². The van der Waals surface area contributed by atoms with Gasteiger partial charge in [-0.05, 0) is 30.5 Å². The van der Waals surface area contributed by atoms with Gasteiger partial charge in [-0.15, -0.1) is 0 Å². The average Bonchev–Trinajstić information content (AvgIpc) is 3.09. The lowest BCUT2D eigenvalue weighted by Crippen LogP contribution is -2.24. The van der Waals surface area contributed by atoms with E-state index in [1.165, 1.54) is 35.5 Å². The molecule has 1 aromatic heterocycles. The second-order valence-corrected chi connectivity index (χ2v) is 6.92. The monoisotopic (exact) mass is 267 g/mol. The normalized spacial score (nSPS) is 20.2. The highest BCUT2D eigenvalue weighted by molar-refractivity contribution is 5.65.